The Morgan fingerprint density at radius 1 is 1.27 bits per heavy atom. The van der Waals surface area contributed by atoms with Crippen molar-refractivity contribution < 1.29 is 14.6 Å². The van der Waals surface area contributed by atoms with Gasteiger partial charge in [0.1, 0.15) is 17.9 Å². The summed E-state index contributed by atoms with van der Waals surface area (Å²) in [7, 11) is 0. The van der Waals surface area contributed by atoms with E-state index in [0.29, 0.717) is 43.3 Å². The van der Waals surface area contributed by atoms with Crippen molar-refractivity contribution >= 4 is 22.1 Å². The van der Waals surface area contributed by atoms with Crippen molar-refractivity contribution in [1.29, 1.82) is 0 Å². The number of fused-ring (bicyclic) bond motifs is 1. The van der Waals surface area contributed by atoms with E-state index in [1.807, 2.05) is 31.2 Å². The third-order valence-electron chi connectivity index (χ3n) is 4.61. The summed E-state index contributed by atoms with van der Waals surface area (Å²) in [4.78, 5) is 19.5. The van der Waals surface area contributed by atoms with Crippen molar-refractivity contribution in [2.24, 2.45) is 0 Å². The van der Waals surface area contributed by atoms with Crippen LogP contribution in [0.3, 0.4) is 0 Å². The number of carbonyl (C=O) groups excluding carboxylic acids is 1. The smallest absolute Gasteiger partial charge is 0.230 e. The minimum Gasteiger partial charge on any atom is -0.494 e. The molecule has 1 N–H and O–H groups in total. The van der Waals surface area contributed by atoms with Gasteiger partial charge in [0.2, 0.25) is 10.8 Å². The Morgan fingerprint density at radius 3 is 2.65 bits per heavy atom. The van der Waals surface area contributed by atoms with Gasteiger partial charge in [-0.3, -0.25) is 9.69 Å². The maximum Gasteiger partial charge on any atom is 0.230 e. The van der Waals surface area contributed by atoms with E-state index in [1.165, 1.54) is 22.2 Å². The molecule has 3 aromatic rings. The Morgan fingerprint density at radius 2 is 2.00 bits per heavy atom. The number of ether oxygens (including phenoxy) is 1. The van der Waals surface area contributed by atoms with Crippen LogP contribution in [-0.2, 0) is 4.79 Å². The highest BCUT2D eigenvalue weighted by atomic mass is 32.1. The van der Waals surface area contributed by atoms with Gasteiger partial charge in [0, 0.05) is 25.9 Å². The number of piperidine rings is 1. The first-order valence-electron chi connectivity index (χ1n) is 8.67. The van der Waals surface area contributed by atoms with E-state index >= 15 is 0 Å². The van der Waals surface area contributed by atoms with E-state index in [9.17, 15) is 9.90 Å². The van der Waals surface area contributed by atoms with Crippen molar-refractivity contribution in [2.45, 2.75) is 25.8 Å². The zero-order valence-electron chi connectivity index (χ0n) is 14.5. The van der Waals surface area contributed by atoms with E-state index in [-0.39, 0.29) is 11.9 Å². The summed E-state index contributed by atoms with van der Waals surface area (Å²) in [6, 6.07) is 7.76. The molecule has 3 heterocycles. The molecular formula is C18H20N4O3S. The molecule has 0 aliphatic carbocycles. The van der Waals surface area contributed by atoms with Crippen molar-refractivity contribution in [3.63, 3.8) is 0 Å². The summed E-state index contributed by atoms with van der Waals surface area (Å²) in [5.41, 5.74) is 1.04. The van der Waals surface area contributed by atoms with Crippen LogP contribution in [0.2, 0.25) is 0 Å². The minimum atomic E-state index is -0.146. The second-order valence-corrected chi connectivity index (χ2v) is 7.23. The first-order chi connectivity index (χ1) is 12.7. The topological polar surface area (TPSA) is 80.0 Å². The number of benzene rings is 1. The van der Waals surface area contributed by atoms with E-state index in [0.717, 1.165) is 16.2 Å². The van der Waals surface area contributed by atoms with Gasteiger partial charge in [0.15, 0.2) is 0 Å². The normalized spacial score (nSPS) is 16.9. The molecule has 8 heteroatoms. The fraction of sp³-hybridized carbons (Fsp3) is 0.389. The lowest BCUT2D eigenvalue weighted by Crippen LogP contribution is -2.37. The molecule has 1 aliphatic heterocycles. The predicted octanol–water partition coefficient (Wildman–Crippen LogP) is 2.65. The highest BCUT2D eigenvalue weighted by molar-refractivity contribution is 7.17. The fourth-order valence-electron chi connectivity index (χ4n) is 3.34. The number of nitrogens with zero attached hydrogens (tertiary/aromatic N) is 4. The Bertz CT molecular complexity index is 908. The molecule has 1 saturated heterocycles. The summed E-state index contributed by atoms with van der Waals surface area (Å²) in [5, 5.41) is 14.8. The molecule has 1 atom stereocenters. The van der Waals surface area contributed by atoms with Crippen LogP contribution in [0.25, 0.3) is 4.96 Å². The van der Waals surface area contributed by atoms with Crippen LogP contribution in [0, 0.1) is 0 Å². The molecule has 1 aliphatic rings. The van der Waals surface area contributed by atoms with Gasteiger partial charge in [0.25, 0.3) is 0 Å². The van der Waals surface area contributed by atoms with Crippen LogP contribution in [0.4, 0.5) is 0 Å². The van der Waals surface area contributed by atoms with Gasteiger partial charge in [-0.05, 0) is 24.6 Å². The maximum absolute atomic E-state index is 11.7. The van der Waals surface area contributed by atoms with Crippen molar-refractivity contribution in [3.8, 4) is 11.6 Å². The molecule has 7 nitrogen and oxygen atoms in total. The van der Waals surface area contributed by atoms with Crippen LogP contribution >= 0.6 is 11.3 Å². The molecule has 2 aromatic heterocycles. The number of aromatic nitrogens is 3. The second-order valence-electron chi connectivity index (χ2n) is 6.22. The number of likely N-dealkylation sites (tertiary alicyclic amines) is 1. The van der Waals surface area contributed by atoms with Crippen molar-refractivity contribution in [3.05, 3.63) is 41.0 Å². The van der Waals surface area contributed by atoms with Crippen molar-refractivity contribution in [2.75, 3.05) is 19.7 Å². The molecule has 0 amide bonds. The summed E-state index contributed by atoms with van der Waals surface area (Å²) in [5.74, 6) is 1.22. The molecular weight excluding hydrogens is 352 g/mol. The quantitative estimate of drug-likeness (QED) is 0.742. The number of hydrogen-bond acceptors (Lipinski definition) is 7. The highest BCUT2D eigenvalue weighted by Gasteiger charge is 2.31. The first-order valence-corrected chi connectivity index (χ1v) is 9.49. The Balaban J connectivity index is 1.74. The van der Waals surface area contributed by atoms with Crippen LogP contribution in [0.15, 0.2) is 30.6 Å². The minimum absolute atomic E-state index is 0.110. The summed E-state index contributed by atoms with van der Waals surface area (Å²) in [6.45, 7) is 3.91. The lowest BCUT2D eigenvalue weighted by molar-refractivity contribution is -0.121. The molecule has 1 aromatic carbocycles. The number of rotatable bonds is 5. The number of hydrogen-bond donors (Lipinski definition) is 1. The van der Waals surface area contributed by atoms with Gasteiger partial charge in [0.05, 0.1) is 17.5 Å². The predicted molar refractivity (Wildman–Crippen MR) is 97.8 cm³/mol. The number of aromatic hydroxyl groups is 1. The molecule has 0 spiro atoms. The van der Waals surface area contributed by atoms with Crippen LogP contribution in [0.1, 0.15) is 36.2 Å². The van der Waals surface area contributed by atoms with E-state index in [1.54, 1.807) is 0 Å². The van der Waals surface area contributed by atoms with Crippen LogP contribution < -0.4 is 4.74 Å². The highest BCUT2D eigenvalue weighted by Crippen LogP contribution is 2.40. The zero-order chi connectivity index (χ0) is 18.1. The monoisotopic (exact) mass is 372 g/mol. The van der Waals surface area contributed by atoms with Crippen LogP contribution in [-0.4, -0.2) is 50.1 Å². The van der Waals surface area contributed by atoms with Gasteiger partial charge >= 0.3 is 0 Å². The van der Waals surface area contributed by atoms with Gasteiger partial charge in [-0.25, -0.2) is 4.98 Å². The zero-order valence-corrected chi connectivity index (χ0v) is 15.3. The Kier molecular flexibility index (Phi) is 4.60. The van der Waals surface area contributed by atoms with Crippen molar-refractivity contribution in [1.82, 2.24) is 19.5 Å². The molecule has 136 valence electrons. The van der Waals surface area contributed by atoms with Crippen LogP contribution in [0.5, 0.6) is 11.6 Å². The number of carbonyl (C=O) groups is 1. The average Bonchev–Trinajstić information content (AvgIpc) is 3.22. The number of ketones is 1. The molecule has 1 unspecified atom stereocenters. The SMILES string of the molecule is CCOc1ccc(C(c2sc3ncnn3c2O)N2CCC(=O)CC2)cc1. The Hall–Kier alpha value is -2.45. The first kappa shape index (κ1) is 17.0. The van der Waals surface area contributed by atoms with E-state index < -0.39 is 0 Å². The molecule has 0 bridgehead atoms. The third kappa shape index (κ3) is 3.06. The summed E-state index contributed by atoms with van der Waals surface area (Å²) < 4.78 is 6.99. The fourth-order valence-corrected chi connectivity index (χ4v) is 4.44. The Labute approximate surface area is 154 Å². The number of Topliss-reactive ketones (excluding diaryl/α,β-unsaturated/α-hetero) is 1. The van der Waals surface area contributed by atoms with Gasteiger partial charge in [-0.1, -0.05) is 23.5 Å². The summed E-state index contributed by atoms with van der Waals surface area (Å²) in [6.07, 6.45) is 2.50. The molecule has 1 fully saturated rings. The van der Waals surface area contributed by atoms with E-state index in [2.05, 4.69) is 15.0 Å². The molecule has 0 saturated carbocycles. The maximum atomic E-state index is 11.7. The largest absolute Gasteiger partial charge is 0.494 e. The third-order valence-corrected chi connectivity index (χ3v) is 5.70. The number of thiazole rings is 1. The second kappa shape index (κ2) is 7.05. The van der Waals surface area contributed by atoms with E-state index in [4.69, 9.17) is 4.74 Å². The average molecular weight is 372 g/mol. The lowest BCUT2D eigenvalue weighted by Gasteiger charge is -2.33. The standard InChI is InChI=1S/C18H20N4O3S/c1-2-25-14-5-3-12(4-6-14)15(21-9-7-13(23)8-10-21)16-17(24)22-18(26-16)19-11-20-22/h3-6,11,15,24H,2,7-10H2,1H3. The summed E-state index contributed by atoms with van der Waals surface area (Å²) >= 11 is 1.42. The van der Waals surface area contributed by atoms with Gasteiger partial charge < -0.3 is 9.84 Å². The lowest BCUT2D eigenvalue weighted by atomic mass is 10.00. The van der Waals surface area contributed by atoms with Gasteiger partial charge in [-0.2, -0.15) is 9.61 Å². The molecule has 0 radical (unpaired) electrons. The van der Waals surface area contributed by atoms with Gasteiger partial charge in [-0.15, -0.1) is 0 Å². The molecule has 4 rings (SSSR count). The molecule has 26 heavy (non-hydrogen) atoms.